The van der Waals surface area contributed by atoms with E-state index in [1.807, 2.05) is 37.3 Å². The summed E-state index contributed by atoms with van der Waals surface area (Å²) in [5.41, 5.74) is 2.68. The van der Waals surface area contributed by atoms with Crippen LogP contribution in [0, 0.1) is 6.92 Å². The Hall–Kier alpha value is -2.44. The monoisotopic (exact) mass is 314 g/mol. The molecule has 0 aliphatic rings. The van der Waals surface area contributed by atoms with Crippen LogP contribution in [0.25, 0.3) is 10.9 Å². The molecule has 2 aromatic carbocycles. The van der Waals surface area contributed by atoms with Gasteiger partial charge in [0.05, 0.1) is 10.4 Å². The molecular weight excluding hydrogens is 300 g/mol. The highest BCUT2D eigenvalue weighted by atomic mass is 32.2. The van der Waals surface area contributed by atoms with Crippen LogP contribution in [0.1, 0.15) is 5.56 Å². The van der Waals surface area contributed by atoms with Gasteiger partial charge in [-0.05, 0) is 48.9 Å². The average molecular weight is 314 g/mol. The van der Waals surface area contributed by atoms with Gasteiger partial charge in [0.15, 0.2) is 0 Å². The molecule has 0 bridgehead atoms. The molecule has 3 rings (SSSR count). The predicted octanol–water partition coefficient (Wildman–Crippen LogP) is 3.53. The summed E-state index contributed by atoms with van der Waals surface area (Å²) in [6.45, 7) is 2.01. The van der Waals surface area contributed by atoms with Crippen molar-refractivity contribution in [2.45, 2.75) is 11.8 Å². The third-order valence-electron chi connectivity index (χ3n) is 3.35. The van der Waals surface area contributed by atoms with Gasteiger partial charge in [-0.25, -0.2) is 4.98 Å². The minimum Gasteiger partial charge on any atom is -0.340 e. The second-order valence-corrected chi connectivity index (χ2v) is 6.39. The third-order valence-corrected chi connectivity index (χ3v) is 4.22. The number of hydrogen-bond acceptors (Lipinski definition) is 4. The lowest BCUT2D eigenvalue weighted by Crippen LogP contribution is -1.99. The number of anilines is 2. The molecule has 0 aliphatic heterocycles. The molecule has 0 amide bonds. The maximum Gasteiger partial charge on any atom is 0.294 e. The van der Waals surface area contributed by atoms with E-state index in [9.17, 15) is 8.42 Å². The first-order chi connectivity index (χ1) is 10.4. The topological polar surface area (TPSA) is 79.3 Å². The van der Waals surface area contributed by atoms with Gasteiger partial charge in [-0.3, -0.25) is 4.55 Å². The van der Waals surface area contributed by atoms with E-state index in [2.05, 4.69) is 10.3 Å². The highest BCUT2D eigenvalue weighted by Gasteiger charge is 2.09. The Bertz CT molecular complexity index is 935. The van der Waals surface area contributed by atoms with Gasteiger partial charge in [0, 0.05) is 11.1 Å². The molecule has 0 atom stereocenters. The van der Waals surface area contributed by atoms with Crippen LogP contribution in [0.15, 0.2) is 59.5 Å². The van der Waals surface area contributed by atoms with Gasteiger partial charge in [-0.1, -0.05) is 18.2 Å². The molecule has 0 fully saturated rings. The highest BCUT2D eigenvalue weighted by molar-refractivity contribution is 7.85. The molecule has 0 saturated heterocycles. The fourth-order valence-corrected chi connectivity index (χ4v) is 2.75. The van der Waals surface area contributed by atoms with E-state index in [1.54, 1.807) is 12.1 Å². The summed E-state index contributed by atoms with van der Waals surface area (Å²) in [5.74, 6) is 0.677. The summed E-state index contributed by atoms with van der Waals surface area (Å²) in [4.78, 5) is 4.39. The van der Waals surface area contributed by atoms with Gasteiger partial charge in [-0.15, -0.1) is 0 Å². The molecule has 0 unspecified atom stereocenters. The van der Waals surface area contributed by atoms with Crippen LogP contribution in [-0.4, -0.2) is 18.0 Å². The number of fused-ring (bicyclic) bond motifs is 1. The Morgan fingerprint density at radius 2 is 1.73 bits per heavy atom. The molecule has 1 heterocycles. The van der Waals surface area contributed by atoms with E-state index in [0.29, 0.717) is 11.5 Å². The number of para-hydroxylation sites is 1. The van der Waals surface area contributed by atoms with Crippen molar-refractivity contribution >= 4 is 32.5 Å². The van der Waals surface area contributed by atoms with Crippen molar-refractivity contribution < 1.29 is 13.0 Å². The van der Waals surface area contributed by atoms with Crippen molar-refractivity contribution in [1.82, 2.24) is 4.98 Å². The van der Waals surface area contributed by atoms with Crippen molar-refractivity contribution in [3.63, 3.8) is 0 Å². The molecule has 0 saturated carbocycles. The summed E-state index contributed by atoms with van der Waals surface area (Å²) in [7, 11) is -4.17. The molecule has 0 spiro atoms. The number of aryl methyl sites for hydroxylation is 1. The van der Waals surface area contributed by atoms with Crippen LogP contribution in [0.2, 0.25) is 0 Å². The van der Waals surface area contributed by atoms with Crippen molar-refractivity contribution in [1.29, 1.82) is 0 Å². The van der Waals surface area contributed by atoms with Crippen LogP contribution in [-0.2, 0) is 10.1 Å². The van der Waals surface area contributed by atoms with E-state index < -0.39 is 10.1 Å². The second-order valence-electron chi connectivity index (χ2n) is 4.97. The van der Waals surface area contributed by atoms with E-state index in [-0.39, 0.29) is 4.90 Å². The number of nitrogens with zero attached hydrogens (tertiary/aromatic N) is 1. The van der Waals surface area contributed by atoms with Crippen LogP contribution in [0.5, 0.6) is 0 Å². The summed E-state index contributed by atoms with van der Waals surface area (Å²) in [5, 5.41) is 4.22. The fraction of sp³-hybridized carbons (Fsp3) is 0.0625. The Kier molecular flexibility index (Phi) is 3.56. The standard InChI is InChI=1S/C16H14N2O3S/c1-11-10-16(18-15-5-3-2-4-14(11)15)17-12-6-8-13(9-7-12)22(19,20)21/h2-10H,1H3,(H,17,18)(H,19,20,21). The van der Waals surface area contributed by atoms with E-state index in [4.69, 9.17) is 4.55 Å². The van der Waals surface area contributed by atoms with Crippen LogP contribution >= 0.6 is 0 Å². The third kappa shape index (κ3) is 2.93. The zero-order valence-corrected chi connectivity index (χ0v) is 12.6. The zero-order valence-electron chi connectivity index (χ0n) is 11.8. The van der Waals surface area contributed by atoms with E-state index in [1.165, 1.54) is 12.1 Å². The van der Waals surface area contributed by atoms with Crippen molar-refractivity contribution in [2.75, 3.05) is 5.32 Å². The molecule has 2 N–H and O–H groups in total. The highest BCUT2D eigenvalue weighted by Crippen LogP contribution is 2.23. The SMILES string of the molecule is Cc1cc(Nc2ccc(S(=O)(=O)O)cc2)nc2ccccc12. The number of nitrogens with one attached hydrogen (secondary N) is 1. The normalized spacial score (nSPS) is 11.5. The lowest BCUT2D eigenvalue weighted by atomic mass is 10.1. The minimum absolute atomic E-state index is 0.138. The summed E-state index contributed by atoms with van der Waals surface area (Å²) in [6.07, 6.45) is 0. The summed E-state index contributed by atoms with van der Waals surface area (Å²) < 4.78 is 31.0. The zero-order chi connectivity index (χ0) is 15.7. The maximum absolute atomic E-state index is 11.0. The average Bonchev–Trinajstić information content (AvgIpc) is 2.47. The number of aromatic nitrogens is 1. The molecule has 6 heteroatoms. The van der Waals surface area contributed by atoms with Crippen molar-refractivity contribution in [2.24, 2.45) is 0 Å². The van der Waals surface area contributed by atoms with Crippen molar-refractivity contribution in [3.8, 4) is 0 Å². The first kappa shape index (κ1) is 14.5. The lowest BCUT2D eigenvalue weighted by Gasteiger charge is -2.09. The molecule has 0 aliphatic carbocycles. The number of benzene rings is 2. The largest absolute Gasteiger partial charge is 0.340 e. The van der Waals surface area contributed by atoms with Gasteiger partial charge in [0.2, 0.25) is 0 Å². The van der Waals surface area contributed by atoms with Gasteiger partial charge in [0.25, 0.3) is 10.1 Å². The minimum atomic E-state index is -4.17. The Labute approximate surface area is 128 Å². The number of pyridine rings is 1. The maximum atomic E-state index is 11.0. The van der Waals surface area contributed by atoms with E-state index >= 15 is 0 Å². The Balaban J connectivity index is 1.93. The van der Waals surface area contributed by atoms with Gasteiger partial charge in [0.1, 0.15) is 5.82 Å². The second kappa shape index (κ2) is 5.40. The summed E-state index contributed by atoms with van der Waals surface area (Å²) in [6, 6.07) is 15.6. The van der Waals surface area contributed by atoms with Crippen LogP contribution in [0.3, 0.4) is 0 Å². The van der Waals surface area contributed by atoms with Gasteiger partial charge >= 0.3 is 0 Å². The van der Waals surface area contributed by atoms with Crippen LogP contribution in [0.4, 0.5) is 11.5 Å². The number of rotatable bonds is 3. The molecule has 3 aromatic rings. The first-order valence-electron chi connectivity index (χ1n) is 6.64. The molecular formula is C16H14N2O3S. The fourth-order valence-electron chi connectivity index (χ4n) is 2.27. The van der Waals surface area contributed by atoms with Crippen molar-refractivity contribution in [3.05, 3.63) is 60.2 Å². The Morgan fingerprint density at radius 1 is 1.05 bits per heavy atom. The molecule has 5 nitrogen and oxygen atoms in total. The smallest absolute Gasteiger partial charge is 0.294 e. The quantitative estimate of drug-likeness (QED) is 0.723. The van der Waals surface area contributed by atoms with Crippen LogP contribution < -0.4 is 5.32 Å². The summed E-state index contributed by atoms with van der Waals surface area (Å²) >= 11 is 0. The molecule has 0 radical (unpaired) electrons. The molecule has 1 aromatic heterocycles. The number of hydrogen-bond donors (Lipinski definition) is 2. The first-order valence-corrected chi connectivity index (χ1v) is 8.08. The lowest BCUT2D eigenvalue weighted by molar-refractivity contribution is 0.483. The van der Waals surface area contributed by atoms with E-state index in [0.717, 1.165) is 16.5 Å². The Morgan fingerprint density at radius 3 is 2.41 bits per heavy atom. The van der Waals surface area contributed by atoms with Gasteiger partial charge < -0.3 is 5.32 Å². The van der Waals surface area contributed by atoms with Gasteiger partial charge in [-0.2, -0.15) is 8.42 Å². The molecule has 22 heavy (non-hydrogen) atoms. The molecule has 112 valence electrons. The predicted molar refractivity (Wildman–Crippen MR) is 86.0 cm³/mol.